The minimum absolute atomic E-state index is 0.0252. The van der Waals surface area contributed by atoms with Gasteiger partial charge in [0.15, 0.2) is 0 Å². The summed E-state index contributed by atoms with van der Waals surface area (Å²) in [7, 11) is 0. The van der Waals surface area contributed by atoms with Gasteiger partial charge in [-0.1, -0.05) is 25.5 Å². The van der Waals surface area contributed by atoms with Gasteiger partial charge in [-0.2, -0.15) is 0 Å². The summed E-state index contributed by atoms with van der Waals surface area (Å²) in [5.74, 6) is 1.38. The van der Waals surface area contributed by atoms with E-state index in [1.807, 2.05) is 24.3 Å². The summed E-state index contributed by atoms with van der Waals surface area (Å²) in [5.41, 5.74) is 2.05. The molecule has 3 aromatic rings. The zero-order chi connectivity index (χ0) is 17.2. The van der Waals surface area contributed by atoms with Gasteiger partial charge < -0.3 is 9.72 Å². The highest BCUT2D eigenvalue weighted by molar-refractivity contribution is 7.18. The largest absolute Gasteiger partial charge is 0.493 e. The number of unbranched alkanes of at least 4 members (excludes halogenated alkanes) is 1. The monoisotopic (exact) mass is 354 g/mol. The first-order chi connectivity index (χ1) is 12.3. The predicted octanol–water partition coefficient (Wildman–Crippen LogP) is 4.71. The lowest BCUT2D eigenvalue weighted by atomic mass is 9.97. The molecule has 0 saturated heterocycles. The molecule has 2 heterocycles. The molecular weight excluding hydrogens is 332 g/mol. The van der Waals surface area contributed by atoms with Crippen molar-refractivity contribution >= 4 is 21.6 Å². The van der Waals surface area contributed by atoms with E-state index in [9.17, 15) is 4.79 Å². The topological polar surface area (TPSA) is 55.0 Å². The average Bonchev–Trinajstić information content (AvgIpc) is 3.01. The van der Waals surface area contributed by atoms with Crippen LogP contribution in [0.25, 0.3) is 21.6 Å². The van der Waals surface area contributed by atoms with Crippen molar-refractivity contribution in [1.29, 1.82) is 0 Å². The summed E-state index contributed by atoms with van der Waals surface area (Å²) in [4.78, 5) is 22.7. The van der Waals surface area contributed by atoms with Crippen LogP contribution in [-0.4, -0.2) is 16.6 Å². The van der Waals surface area contributed by atoms with Crippen molar-refractivity contribution in [3.05, 3.63) is 45.1 Å². The second-order valence-corrected chi connectivity index (χ2v) is 7.59. The van der Waals surface area contributed by atoms with Crippen LogP contribution >= 0.6 is 11.3 Å². The number of aromatic amines is 1. The molecular formula is C20H22N2O2S. The Balaban J connectivity index is 1.79. The molecule has 2 aromatic heterocycles. The van der Waals surface area contributed by atoms with E-state index in [2.05, 4.69) is 11.9 Å². The number of H-pyrrole nitrogens is 1. The molecule has 130 valence electrons. The van der Waals surface area contributed by atoms with Gasteiger partial charge in [-0.3, -0.25) is 4.79 Å². The van der Waals surface area contributed by atoms with Gasteiger partial charge in [0.1, 0.15) is 16.4 Å². The van der Waals surface area contributed by atoms with E-state index >= 15 is 0 Å². The molecule has 0 atom stereocenters. The first kappa shape index (κ1) is 16.3. The maximum absolute atomic E-state index is 12.7. The number of rotatable bonds is 5. The Kier molecular flexibility index (Phi) is 4.57. The maximum Gasteiger partial charge on any atom is 0.260 e. The number of aryl methyl sites for hydroxylation is 2. The third-order valence-corrected chi connectivity index (χ3v) is 5.91. The van der Waals surface area contributed by atoms with Crippen molar-refractivity contribution in [3.63, 3.8) is 0 Å². The standard InChI is InChI=1S/C20H22N2O2S/c1-2-3-12-24-15-10-6-4-8-13(15)18-21-19(23)17-14-9-5-7-11-16(14)25-20(17)22-18/h4,6,8,10H,2-3,5,7,9,11-12H2,1H3,(H,21,22,23). The average molecular weight is 354 g/mol. The number of ether oxygens (including phenoxy) is 1. The minimum atomic E-state index is -0.0252. The number of thiophene rings is 1. The molecule has 4 rings (SSSR count). The molecule has 1 N–H and O–H groups in total. The Hall–Kier alpha value is -2.14. The molecule has 1 aromatic carbocycles. The van der Waals surface area contributed by atoms with Gasteiger partial charge in [0.05, 0.1) is 17.6 Å². The van der Waals surface area contributed by atoms with Crippen LogP contribution in [0.15, 0.2) is 29.1 Å². The van der Waals surface area contributed by atoms with Crippen LogP contribution in [0.1, 0.15) is 43.0 Å². The lowest BCUT2D eigenvalue weighted by Crippen LogP contribution is -2.11. The predicted molar refractivity (Wildman–Crippen MR) is 103 cm³/mol. The molecule has 5 heteroatoms. The summed E-state index contributed by atoms with van der Waals surface area (Å²) >= 11 is 1.68. The second-order valence-electron chi connectivity index (χ2n) is 6.50. The van der Waals surface area contributed by atoms with Gasteiger partial charge in [0.25, 0.3) is 5.56 Å². The zero-order valence-corrected chi connectivity index (χ0v) is 15.2. The van der Waals surface area contributed by atoms with Crippen LogP contribution < -0.4 is 10.3 Å². The first-order valence-corrected chi connectivity index (χ1v) is 9.86. The minimum Gasteiger partial charge on any atom is -0.493 e. The molecule has 1 aliphatic carbocycles. The number of hydrogen-bond donors (Lipinski definition) is 1. The number of benzene rings is 1. The number of fused-ring (bicyclic) bond motifs is 3. The van der Waals surface area contributed by atoms with Crippen LogP contribution in [0, 0.1) is 0 Å². The van der Waals surface area contributed by atoms with Crippen molar-refractivity contribution in [3.8, 4) is 17.1 Å². The fourth-order valence-corrected chi connectivity index (χ4v) is 4.67. The van der Waals surface area contributed by atoms with Crippen LogP contribution in [-0.2, 0) is 12.8 Å². The summed E-state index contributed by atoms with van der Waals surface area (Å²) < 4.78 is 5.91. The molecule has 0 aliphatic heterocycles. The Morgan fingerprint density at radius 2 is 2.08 bits per heavy atom. The molecule has 0 saturated carbocycles. The van der Waals surface area contributed by atoms with Gasteiger partial charge in [-0.25, -0.2) is 4.98 Å². The molecule has 4 nitrogen and oxygen atoms in total. The molecule has 0 spiro atoms. The first-order valence-electron chi connectivity index (χ1n) is 9.04. The number of para-hydroxylation sites is 1. The Morgan fingerprint density at radius 1 is 1.24 bits per heavy atom. The Bertz CT molecular complexity index is 958. The maximum atomic E-state index is 12.7. The number of aromatic nitrogens is 2. The lowest BCUT2D eigenvalue weighted by molar-refractivity contribution is 0.310. The van der Waals surface area contributed by atoms with Crippen LogP contribution in [0.2, 0.25) is 0 Å². The third-order valence-electron chi connectivity index (χ3n) is 4.72. The normalized spacial score (nSPS) is 13.8. The molecule has 0 fully saturated rings. The van der Waals surface area contributed by atoms with Crippen molar-refractivity contribution in [2.24, 2.45) is 0 Å². The molecule has 1 aliphatic rings. The van der Waals surface area contributed by atoms with E-state index in [1.165, 1.54) is 16.9 Å². The highest BCUT2D eigenvalue weighted by Crippen LogP contribution is 2.35. The Morgan fingerprint density at radius 3 is 2.96 bits per heavy atom. The second kappa shape index (κ2) is 7.00. The van der Waals surface area contributed by atoms with Gasteiger partial charge in [-0.05, 0) is 49.8 Å². The van der Waals surface area contributed by atoms with E-state index < -0.39 is 0 Å². The quantitative estimate of drug-likeness (QED) is 0.675. The van der Waals surface area contributed by atoms with Gasteiger partial charge >= 0.3 is 0 Å². The molecule has 0 unspecified atom stereocenters. The van der Waals surface area contributed by atoms with Crippen LogP contribution in [0.4, 0.5) is 0 Å². The highest BCUT2D eigenvalue weighted by atomic mass is 32.1. The number of hydrogen-bond acceptors (Lipinski definition) is 4. The van der Waals surface area contributed by atoms with Crippen molar-refractivity contribution in [2.45, 2.75) is 45.4 Å². The molecule has 0 radical (unpaired) electrons. The molecule has 0 amide bonds. The smallest absolute Gasteiger partial charge is 0.260 e. The van der Waals surface area contributed by atoms with Gasteiger partial charge in [0, 0.05) is 4.88 Å². The lowest BCUT2D eigenvalue weighted by Gasteiger charge is -2.11. The van der Waals surface area contributed by atoms with Crippen molar-refractivity contribution in [1.82, 2.24) is 9.97 Å². The fraction of sp³-hybridized carbons (Fsp3) is 0.400. The van der Waals surface area contributed by atoms with E-state index in [0.717, 1.165) is 53.6 Å². The SMILES string of the molecule is CCCCOc1ccccc1-c1nc2sc3c(c2c(=O)[nH]1)CCCC3. The van der Waals surface area contributed by atoms with Crippen LogP contribution in [0.3, 0.4) is 0 Å². The van der Waals surface area contributed by atoms with Gasteiger partial charge in [-0.15, -0.1) is 11.3 Å². The molecule has 0 bridgehead atoms. The fourth-order valence-electron chi connectivity index (χ4n) is 3.41. The summed E-state index contributed by atoms with van der Waals surface area (Å²) in [6.07, 6.45) is 6.53. The number of nitrogens with zero attached hydrogens (tertiary/aromatic N) is 1. The van der Waals surface area contributed by atoms with E-state index in [0.29, 0.717) is 12.4 Å². The Labute approximate surface area is 150 Å². The zero-order valence-electron chi connectivity index (χ0n) is 14.4. The van der Waals surface area contributed by atoms with Crippen molar-refractivity contribution < 1.29 is 4.74 Å². The summed E-state index contributed by atoms with van der Waals surface area (Å²) in [6, 6.07) is 7.80. The van der Waals surface area contributed by atoms with Crippen LogP contribution in [0.5, 0.6) is 5.75 Å². The molecule has 25 heavy (non-hydrogen) atoms. The third kappa shape index (κ3) is 3.09. The summed E-state index contributed by atoms with van der Waals surface area (Å²) in [5, 5.41) is 0.799. The van der Waals surface area contributed by atoms with Crippen molar-refractivity contribution in [2.75, 3.05) is 6.61 Å². The van der Waals surface area contributed by atoms with Gasteiger partial charge in [0.2, 0.25) is 0 Å². The number of nitrogens with one attached hydrogen (secondary N) is 1. The summed E-state index contributed by atoms with van der Waals surface area (Å²) in [6.45, 7) is 2.81. The highest BCUT2D eigenvalue weighted by Gasteiger charge is 2.20. The van der Waals surface area contributed by atoms with E-state index in [4.69, 9.17) is 9.72 Å². The van der Waals surface area contributed by atoms with E-state index in [1.54, 1.807) is 11.3 Å². The van der Waals surface area contributed by atoms with E-state index in [-0.39, 0.29) is 5.56 Å².